The number of nitrogens with zero attached hydrogens (tertiary/aromatic N) is 1. The summed E-state index contributed by atoms with van der Waals surface area (Å²) in [4.78, 5) is 24.9. The average Bonchev–Trinajstić information content (AvgIpc) is 2.93. The molecule has 2 aromatic carbocycles. The van der Waals surface area contributed by atoms with E-state index in [1.54, 1.807) is 37.3 Å². The predicted octanol–water partition coefficient (Wildman–Crippen LogP) is 2.81. The van der Waals surface area contributed by atoms with E-state index in [1.165, 1.54) is 11.1 Å². The van der Waals surface area contributed by atoms with Crippen molar-refractivity contribution in [2.75, 3.05) is 11.6 Å². The van der Waals surface area contributed by atoms with Gasteiger partial charge in [-0.25, -0.2) is 5.01 Å². The number of hydrazine groups is 1. The molecule has 6 heteroatoms. The number of carbonyl (C=O) groups is 2. The lowest BCUT2D eigenvalue weighted by atomic mass is 10.1. The lowest BCUT2D eigenvalue weighted by Crippen LogP contribution is -2.35. The van der Waals surface area contributed by atoms with Gasteiger partial charge < -0.3 is 9.84 Å². The van der Waals surface area contributed by atoms with Crippen molar-refractivity contribution >= 4 is 23.6 Å². The summed E-state index contributed by atoms with van der Waals surface area (Å²) in [6.45, 7) is 4.25. The number of aromatic hydroxyl groups is 1. The number of amides is 2. The van der Waals surface area contributed by atoms with E-state index in [-0.39, 0.29) is 11.3 Å². The molecule has 2 amide bonds. The van der Waals surface area contributed by atoms with Gasteiger partial charge in [0.1, 0.15) is 5.57 Å². The summed E-state index contributed by atoms with van der Waals surface area (Å²) in [5.74, 6) is -0.788. The average molecular weight is 352 g/mol. The zero-order valence-electron chi connectivity index (χ0n) is 14.7. The lowest BCUT2D eigenvalue weighted by Gasteiger charge is -2.14. The summed E-state index contributed by atoms with van der Waals surface area (Å²) < 4.78 is 5.33. The first kappa shape index (κ1) is 17.5. The molecule has 26 heavy (non-hydrogen) atoms. The molecule has 0 spiro atoms. The minimum Gasteiger partial charge on any atom is -0.504 e. The number of anilines is 1. The van der Waals surface area contributed by atoms with Crippen LogP contribution < -0.4 is 15.2 Å². The predicted molar refractivity (Wildman–Crippen MR) is 98.7 cm³/mol. The number of aryl methyl sites for hydroxylation is 1. The number of phenols is 1. The van der Waals surface area contributed by atoms with Crippen molar-refractivity contribution in [2.45, 2.75) is 20.3 Å². The van der Waals surface area contributed by atoms with Crippen LogP contribution in [-0.2, 0) is 16.0 Å². The highest BCUT2D eigenvalue weighted by molar-refractivity contribution is 6.31. The van der Waals surface area contributed by atoms with Crippen molar-refractivity contribution in [1.29, 1.82) is 0 Å². The molecule has 0 atom stereocenters. The summed E-state index contributed by atoms with van der Waals surface area (Å²) in [7, 11) is 0. The number of hydrogen-bond acceptors (Lipinski definition) is 4. The Kier molecular flexibility index (Phi) is 4.93. The Morgan fingerprint density at radius 1 is 1.12 bits per heavy atom. The smallest absolute Gasteiger partial charge is 0.282 e. The molecule has 2 N–H and O–H groups in total. The van der Waals surface area contributed by atoms with E-state index in [0.29, 0.717) is 23.6 Å². The standard InChI is InChI=1S/C20H20N2O4/c1-3-13-8-10-15(11-9-13)22-20(25)16(19(24)21-22)12-14-6-5-7-17(18(14)23)26-4-2/h5-12,23H,3-4H2,1-2H3,(H,21,24)/b16-12-. The zero-order valence-corrected chi connectivity index (χ0v) is 14.7. The van der Waals surface area contributed by atoms with Gasteiger partial charge in [-0.1, -0.05) is 31.2 Å². The van der Waals surface area contributed by atoms with Gasteiger partial charge in [-0.05, 0) is 43.2 Å². The topological polar surface area (TPSA) is 78.9 Å². The first-order chi connectivity index (χ1) is 12.5. The Balaban J connectivity index is 1.91. The maximum absolute atomic E-state index is 12.7. The number of ether oxygens (including phenoxy) is 1. The molecule has 0 aliphatic carbocycles. The summed E-state index contributed by atoms with van der Waals surface area (Å²) in [6, 6.07) is 12.3. The number of carbonyl (C=O) groups excluding carboxylic acids is 2. The molecule has 0 unspecified atom stereocenters. The van der Waals surface area contributed by atoms with E-state index in [2.05, 4.69) is 5.43 Å². The summed E-state index contributed by atoms with van der Waals surface area (Å²) >= 11 is 0. The van der Waals surface area contributed by atoms with Crippen LogP contribution in [0.1, 0.15) is 25.0 Å². The first-order valence-electron chi connectivity index (χ1n) is 8.46. The minimum atomic E-state index is -0.518. The van der Waals surface area contributed by atoms with Crippen LogP contribution >= 0.6 is 0 Å². The number of rotatable bonds is 5. The normalized spacial score (nSPS) is 15.5. The van der Waals surface area contributed by atoms with Gasteiger partial charge in [-0.2, -0.15) is 0 Å². The lowest BCUT2D eigenvalue weighted by molar-refractivity contribution is -0.117. The molecule has 6 nitrogen and oxygen atoms in total. The molecule has 1 aliphatic heterocycles. The number of nitrogens with one attached hydrogen (secondary N) is 1. The second-order valence-electron chi connectivity index (χ2n) is 5.79. The molecule has 2 aromatic rings. The highest BCUT2D eigenvalue weighted by Crippen LogP contribution is 2.32. The zero-order chi connectivity index (χ0) is 18.7. The highest BCUT2D eigenvalue weighted by atomic mass is 16.5. The molecule has 134 valence electrons. The number of phenolic OH excluding ortho intramolecular Hbond substituents is 1. The van der Waals surface area contributed by atoms with Crippen LogP contribution in [0.15, 0.2) is 48.0 Å². The molecule has 0 aromatic heterocycles. The van der Waals surface area contributed by atoms with Crippen LogP contribution in [0.3, 0.4) is 0 Å². The number of benzene rings is 2. The molecule has 1 fully saturated rings. The maximum Gasteiger partial charge on any atom is 0.282 e. The van der Waals surface area contributed by atoms with Crippen LogP contribution in [-0.4, -0.2) is 23.5 Å². The quantitative estimate of drug-likeness (QED) is 0.641. The van der Waals surface area contributed by atoms with Crippen molar-refractivity contribution in [3.05, 3.63) is 59.2 Å². The molecule has 0 bridgehead atoms. The molecule has 1 heterocycles. The summed E-state index contributed by atoms with van der Waals surface area (Å²) in [5.41, 5.74) is 4.57. The van der Waals surface area contributed by atoms with Crippen molar-refractivity contribution in [3.63, 3.8) is 0 Å². The van der Waals surface area contributed by atoms with E-state index >= 15 is 0 Å². The van der Waals surface area contributed by atoms with Gasteiger partial charge in [-0.15, -0.1) is 0 Å². The molecular weight excluding hydrogens is 332 g/mol. The Labute approximate surface area is 151 Å². The van der Waals surface area contributed by atoms with Crippen LogP contribution in [0.25, 0.3) is 6.08 Å². The molecule has 1 aliphatic rings. The monoisotopic (exact) mass is 352 g/mol. The minimum absolute atomic E-state index is 0.0477. The molecule has 0 radical (unpaired) electrons. The fraction of sp³-hybridized carbons (Fsp3) is 0.200. The third-order valence-corrected chi connectivity index (χ3v) is 4.12. The SMILES string of the molecule is CCOc1cccc(/C=C2/C(=O)NN(c3ccc(CC)cc3)C2=O)c1O. The van der Waals surface area contributed by atoms with E-state index in [0.717, 1.165) is 12.0 Å². The van der Waals surface area contributed by atoms with Gasteiger partial charge in [-0.3, -0.25) is 15.0 Å². The first-order valence-corrected chi connectivity index (χ1v) is 8.46. The third-order valence-electron chi connectivity index (χ3n) is 4.12. The maximum atomic E-state index is 12.7. The van der Waals surface area contributed by atoms with Gasteiger partial charge in [0, 0.05) is 5.56 Å². The van der Waals surface area contributed by atoms with E-state index in [9.17, 15) is 14.7 Å². The van der Waals surface area contributed by atoms with Crippen molar-refractivity contribution < 1.29 is 19.4 Å². The molecule has 1 saturated heterocycles. The Morgan fingerprint density at radius 3 is 2.50 bits per heavy atom. The molecular formula is C20H20N2O4. The van der Waals surface area contributed by atoms with Crippen LogP contribution in [0, 0.1) is 0 Å². The Hall–Kier alpha value is -3.28. The van der Waals surface area contributed by atoms with Crippen molar-refractivity contribution in [3.8, 4) is 11.5 Å². The van der Waals surface area contributed by atoms with Crippen molar-refractivity contribution in [1.82, 2.24) is 5.43 Å². The summed E-state index contributed by atoms with van der Waals surface area (Å²) in [5, 5.41) is 11.5. The van der Waals surface area contributed by atoms with Gasteiger partial charge in [0.2, 0.25) is 0 Å². The van der Waals surface area contributed by atoms with Crippen molar-refractivity contribution in [2.24, 2.45) is 0 Å². The molecule has 0 saturated carbocycles. The largest absolute Gasteiger partial charge is 0.504 e. The van der Waals surface area contributed by atoms with E-state index < -0.39 is 11.8 Å². The molecule has 3 rings (SSSR count). The van der Waals surface area contributed by atoms with Gasteiger partial charge in [0.15, 0.2) is 11.5 Å². The Bertz CT molecular complexity index is 872. The number of para-hydroxylation sites is 1. The van der Waals surface area contributed by atoms with Crippen LogP contribution in [0.5, 0.6) is 11.5 Å². The number of hydrogen-bond donors (Lipinski definition) is 2. The Morgan fingerprint density at radius 2 is 1.85 bits per heavy atom. The second kappa shape index (κ2) is 7.31. The third kappa shape index (κ3) is 3.26. The van der Waals surface area contributed by atoms with Crippen LogP contribution in [0.2, 0.25) is 0 Å². The fourth-order valence-corrected chi connectivity index (χ4v) is 2.70. The van der Waals surface area contributed by atoms with E-state index in [4.69, 9.17) is 4.74 Å². The highest BCUT2D eigenvalue weighted by Gasteiger charge is 2.34. The fourth-order valence-electron chi connectivity index (χ4n) is 2.70. The summed E-state index contributed by atoms with van der Waals surface area (Å²) in [6.07, 6.45) is 2.26. The second-order valence-corrected chi connectivity index (χ2v) is 5.79. The van der Waals surface area contributed by atoms with Gasteiger partial charge >= 0.3 is 0 Å². The van der Waals surface area contributed by atoms with Gasteiger partial charge in [0.25, 0.3) is 11.8 Å². The van der Waals surface area contributed by atoms with Crippen LogP contribution in [0.4, 0.5) is 5.69 Å². The van der Waals surface area contributed by atoms with Gasteiger partial charge in [0.05, 0.1) is 12.3 Å². The van der Waals surface area contributed by atoms with E-state index in [1.807, 2.05) is 19.1 Å².